The standard InChI is InChI=1S/C33H38N4O2/c34-18-6-5-14-31-33(39)37(23-28-12-7-11-26-9-3-4-13-30(26)28)19-17-29(36-31)22-35-32(38)21-24-15-16-25-8-1-2-10-27(25)20-24/h1-4,7-13,15-16,20,29,31,36H,5-6,14,17-19,21-23,34H2,(H,35,38). The predicted octanol–water partition coefficient (Wildman–Crippen LogP) is 4.54. The molecule has 2 unspecified atom stereocenters. The van der Waals surface area contributed by atoms with Crippen LogP contribution >= 0.6 is 0 Å². The average Bonchev–Trinajstić information content (AvgIpc) is 3.10. The first kappa shape index (κ1) is 26.9. The molecule has 0 aliphatic carbocycles. The van der Waals surface area contributed by atoms with Crippen LogP contribution in [0.4, 0.5) is 0 Å². The second-order valence-corrected chi connectivity index (χ2v) is 10.5. The highest BCUT2D eigenvalue weighted by Gasteiger charge is 2.30. The first-order chi connectivity index (χ1) is 19.1. The largest absolute Gasteiger partial charge is 0.354 e. The van der Waals surface area contributed by atoms with Gasteiger partial charge in [-0.15, -0.1) is 0 Å². The van der Waals surface area contributed by atoms with Crippen LogP contribution in [0.1, 0.15) is 36.8 Å². The van der Waals surface area contributed by atoms with E-state index < -0.39 is 0 Å². The fraction of sp³-hybridized carbons (Fsp3) is 0.333. The summed E-state index contributed by atoms with van der Waals surface area (Å²) in [4.78, 5) is 28.5. The van der Waals surface area contributed by atoms with E-state index in [0.29, 0.717) is 32.6 Å². The van der Waals surface area contributed by atoms with E-state index in [4.69, 9.17) is 5.73 Å². The van der Waals surface area contributed by atoms with Gasteiger partial charge in [0.1, 0.15) is 0 Å². The van der Waals surface area contributed by atoms with Gasteiger partial charge in [-0.1, -0.05) is 91.3 Å². The Morgan fingerprint density at radius 3 is 2.54 bits per heavy atom. The molecule has 1 heterocycles. The average molecular weight is 523 g/mol. The lowest BCUT2D eigenvalue weighted by Gasteiger charge is -2.25. The lowest BCUT2D eigenvalue weighted by Crippen LogP contribution is -2.48. The van der Waals surface area contributed by atoms with Gasteiger partial charge in [0.2, 0.25) is 11.8 Å². The summed E-state index contributed by atoms with van der Waals surface area (Å²) in [7, 11) is 0. The molecule has 1 aliphatic rings. The monoisotopic (exact) mass is 522 g/mol. The highest BCUT2D eigenvalue weighted by atomic mass is 16.2. The number of amides is 2. The summed E-state index contributed by atoms with van der Waals surface area (Å²) in [6.45, 7) is 2.34. The molecule has 0 spiro atoms. The van der Waals surface area contributed by atoms with Gasteiger partial charge in [0.25, 0.3) is 0 Å². The first-order valence-electron chi connectivity index (χ1n) is 14.1. The molecule has 5 rings (SSSR count). The van der Waals surface area contributed by atoms with E-state index in [1.807, 2.05) is 35.2 Å². The Kier molecular flexibility index (Phi) is 8.86. The molecule has 1 fully saturated rings. The highest BCUT2D eigenvalue weighted by molar-refractivity contribution is 5.87. The molecule has 39 heavy (non-hydrogen) atoms. The lowest BCUT2D eigenvalue weighted by atomic mass is 10.0. The minimum absolute atomic E-state index is 0.00468. The summed E-state index contributed by atoms with van der Waals surface area (Å²) < 4.78 is 0. The van der Waals surface area contributed by atoms with Crippen LogP contribution in [0.5, 0.6) is 0 Å². The highest BCUT2D eigenvalue weighted by Crippen LogP contribution is 2.22. The summed E-state index contributed by atoms with van der Waals surface area (Å²) in [5, 5.41) is 11.4. The third-order valence-corrected chi connectivity index (χ3v) is 7.71. The molecule has 6 heteroatoms. The molecule has 1 aliphatic heterocycles. The van der Waals surface area contributed by atoms with Gasteiger partial charge in [-0.3, -0.25) is 9.59 Å². The van der Waals surface area contributed by atoms with Crippen LogP contribution < -0.4 is 16.4 Å². The molecule has 6 nitrogen and oxygen atoms in total. The van der Waals surface area contributed by atoms with Crippen molar-refractivity contribution in [2.45, 2.75) is 50.7 Å². The second kappa shape index (κ2) is 12.9. The zero-order chi connectivity index (χ0) is 27.0. The van der Waals surface area contributed by atoms with Gasteiger partial charge in [0.15, 0.2) is 0 Å². The van der Waals surface area contributed by atoms with Crippen LogP contribution in [0.25, 0.3) is 21.5 Å². The Bertz CT molecular complexity index is 1430. The van der Waals surface area contributed by atoms with Crippen molar-refractivity contribution in [3.8, 4) is 0 Å². The predicted molar refractivity (Wildman–Crippen MR) is 158 cm³/mol. The van der Waals surface area contributed by atoms with E-state index in [-0.39, 0.29) is 23.9 Å². The Morgan fingerprint density at radius 1 is 0.923 bits per heavy atom. The van der Waals surface area contributed by atoms with Gasteiger partial charge in [0.05, 0.1) is 12.5 Å². The van der Waals surface area contributed by atoms with Crippen LogP contribution in [0.2, 0.25) is 0 Å². The molecule has 202 valence electrons. The van der Waals surface area contributed by atoms with E-state index in [9.17, 15) is 9.59 Å². The maximum Gasteiger partial charge on any atom is 0.240 e. The summed E-state index contributed by atoms with van der Waals surface area (Å²) in [5.74, 6) is 0.125. The third kappa shape index (κ3) is 6.83. The van der Waals surface area contributed by atoms with Crippen LogP contribution in [0.3, 0.4) is 0 Å². The number of hydrogen-bond donors (Lipinski definition) is 3. The lowest BCUT2D eigenvalue weighted by molar-refractivity contribution is -0.133. The fourth-order valence-corrected chi connectivity index (χ4v) is 5.57. The van der Waals surface area contributed by atoms with Crippen LogP contribution in [-0.2, 0) is 22.6 Å². The molecule has 0 aromatic heterocycles. The SMILES string of the molecule is NCCCCC1NC(CNC(=O)Cc2ccc3ccccc3c2)CCN(Cc2cccc3ccccc23)C1=O. The number of nitrogens with one attached hydrogen (secondary N) is 2. The van der Waals surface area contributed by atoms with Crippen molar-refractivity contribution in [1.29, 1.82) is 0 Å². The molecule has 0 radical (unpaired) electrons. The molecular formula is C33H38N4O2. The number of unbranched alkanes of at least 4 members (excludes halogenated alkanes) is 1. The summed E-state index contributed by atoms with van der Waals surface area (Å²) in [6, 6.07) is 28.7. The smallest absolute Gasteiger partial charge is 0.240 e. The van der Waals surface area contributed by atoms with Gasteiger partial charge in [0, 0.05) is 25.7 Å². The molecule has 0 bridgehead atoms. The van der Waals surface area contributed by atoms with Gasteiger partial charge in [-0.2, -0.15) is 0 Å². The maximum absolute atomic E-state index is 13.7. The van der Waals surface area contributed by atoms with Gasteiger partial charge < -0.3 is 21.3 Å². The number of nitrogens with two attached hydrogens (primary N) is 1. The number of carbonyl (C=O) groups is 2. The molecule has 4 aromatic rings. The fourth-order valence-electron chi connectivity index (χ4n) is 5.57. The van der Waals surface area contributed by atoms with Crippen LogP contribution in [-0.4, -0.2) is 48.4 Å². The molecular weight excluding hydrogens is 484 g/mol. The van der Waals surface area contributed by atoms with Crippen LogP contribution in [0, 0.1) is 0 Å². The number of rotatable bonds is 10. The van der Waals surface area contributed by atoms with E-state index in [2.05, 4.69) is 65.2 Å². The minimum atomic E-state index is -0.281. The molecule has 1 saturated heterocycles. The Hall–Kier alpha value is -3.74. The topological polar surface area (TPSA) is 87.5 Å². The Labute approximate surface area is 230 Å². The number of nitrogens with zero attached hydrogens (tertiary/aromatic N) is 1. The van der Waals surface area contributed by atoms with Gasteiger partial charge in [-0.05, 0) is 58.5 Å². The van der Waals surface area contributed by atoms with Crippen molar-refractivity contribution in [2.75, 3.05) is 19.6 Å². The molecule has 4 aromatic carbocycles. The number of hydrogen-bond acceptors (Lipinski definition) is 4. The Balaban J connectivity index is 1.24. The molecule has 2 amide bonds. The van der Waals surface area contributed by atoms with Gasteiger partial charge in [-0.25, -0.2) is 0 Å². The van der Waals surface area contributed by atoms with Crippen molar-refractivity contribution in [2.24, 2.45) is 5.73 Å². The van der Waals surface area contributed by atoms with E-state index >= 15 is 0 Å². The zero-order valence-electron chi connectivity index (χ0n) is 22.4. The van der Waals surface area contributed by atoms with Crippen molar-refractivity contribution < 1.29 is 9.59 Å². The zero-order valence-corrected chi connectivity index (χ0v) is 22.4. The summed E-state index contributed by atoms with van der Waals surface area (Å²) >= 11 is 0. The molecule has 2 atom stereocenters. The number of carbonyl (C=O) groups excluding carboxylic acids is 2. The maximum atomic E-state index is 13.7. The summed E-state index contributed by atoms with van der Waals surface area (Å²) in [6.07, 6.45) is 3.64. The van der Waals surface area contributed by atoms with E-state index in [0.717, 1.165) is 42.2 Å². The first-order valence-corrected chi connectivity index (χ1v) is 14.1. The second-order valence-electron chi connectivity index (χ2n) is 10.5. The van der Waals surface area contributed by atoms with Crippen molar-refractivity contribution in [1.82, 2.24) is 15.5 Å². The number of benzene rings is 4. The third-order valence-electron chi connectivity index (χ3n) is 7.71. The van der Waals surface area contributed by atoms with E-state index in [1.165, 1.54) is 16.2 Å². The minimum Gasteiger partial charge on any atom is -0.354 e. The van der Waals surface area contributed by atoms with Gasteiger partial charge >= 0.3 is 0 Å². The number of fused-ring (bicyclic) bond motifs is 2. The Morgan fingerprint density at radius 2 is 1.69 bits per heavy atom. The van der Waals surface area contributed by atoms with Crippen LogP contribution in [0.15, 0.2) is 84.9 Å². The van der Waals surface area contributed by atoms with Crippen molar-refractivity contribution in [3.63, 3.8) is 0 Å². The van der Waals surface area contributed by atoms with Crippen molar-refractivity contribution in [3.05, 3.63) is 96.1 Å². The van der Waals surface area contributed by atoms with E-state index in [1.54, 1.807) is 0 Å². The quantitative estimate of drug-likeness (QED) is 0.267. The molecule has 4 N–H and O–H groups in total. The normalized spacial score (nSPS) is 17.9. The van der Waals surface area contributed by atoms with Crippen molar-refractivity contribution >= 4 is 33.4 Å². The molecule has 0 saturated carbocycles. The summed E-state index contributed by atoms with van der Waals surface area (Å²) in [5.41, 5.74) is 7.88.